The van der Waals surface area contributed by atoms with E-state index in [9.17, 15) is 4.79 Å². The minimum absolute atomic E-state index is 0.000488. The molecule has 0 unspecified atom stereocenters. The Morgan fingerprint density at radius 3 is 2.83 bits per heavy atom. The van der Waals surface area contributed by atoms with Crippen molar-refractivity contribution in [1.82, 2.24) is 5.32 Å². The normalized spacial score (nSPS) is 16.3. The third kappa shape index (κ3) is 3.49. The van der Waals surface area contributed by atoms with E-state index in [-0.39, 0.29) is 5.91 Å². The first-order chi connectivity index (χ1) is 8.79. The van der Waals surface area contributed by atoms with Gasteiger partial charge >= 0.3 is 0 Å². The molecule has 0 aromatic heterocycles. The smallest absolute Gasteiger partial charge is 0.251 e. The van der Waals surface area contributed by atoms with Crippen LogP contribution >= 0.6 is 0 Å². The lowest BCUT2D eigenvalue weighted by Crippen LogP contribution is -2.30. The minimum Gasteiger partial charge on any atom is -0.497 e. The lowest BCUT2D eigenvalue weighted by Gasteiger charge is -2.21. The maximum atomic E-state index is 12.0. The van der Waals surface area contributed by atoms with E-state index in [0.29, 0.717) is 11.5 Å². The van der Waals surface area contributed by atoms with Gasteiger partial charge < -0.3 is 10.1 Å². The standard InChI is InChI=1S/C15H21NO2/c1-18-14-9-5-8-13(10-14)15(17)16-11-12-6-3-2-4-7-12/h5,8-10,12H,2-4,6-7,11H2,1H3,(H,16,17). The third-order valence-corrected chi connectivity index (χ3v) is 3.61. The molecule has 0 aliphatic heterocycles. The number of rotatable bonds is 4. The van der Waals surface area contributed by atoms with Crippen LogP contribution in [-0.4, -0.2) is 19.6 Å². The van der Waals surface area contributed by atoms with Gasteiger partial charge in [-0.05, 0) is 37.0 Å². The van der Waals surface area contributed by atoms with Gasteiger partial charge in [-0.1, -0.05) is 25.3 Å². The highest BCUT2D eigenvalue weighted by molar-refractivity contribution is 5.94. The van der Waals surface area contributed by atoms with Crippen LogP contribution in [0.25, 0.3) is 0 Å². The highest BCUT2D eigenvalue weighted by Gasteiger charge is 2.14. The van der Waals surface area contributed by atoms with E-state index >= 15 is 0 Å². The highest BCUT2D eigenvalue weighted by Crippen LogP contribution is 2.22. The Morgan fingerprint density at radius 1 is 1.33 bits per heavy atom. The predicted molar refractivity (Wildman–Crippen MR) is 71.9 cm³/mol. The van der Waals surface area contributed by atoms with E-state index in [2.05, 4.69) is 5.32 Å². The number of hydrogen-bond donors (Lipinski definition) is 1. The number of nitrogens with one attached hydrogen (secondary N) is 1. The third-order valence-electron chi connectivity index (χ3n) is 3.61. The van der Waals surface area contributed by atoms with Crippen molar-refractivity contribution in [3.63, 3.8) is 0 Å². The summed E-state index contributed by atoms with van der Waals surface area (Å²) in [4.78, 5) is 12.0. The van der Waals surface area contributed by atoms with Crippen molar-refractivity contribution < 1.29 is 9.53 Å². The molecule has 98 valence electrons. The molecule has 0 radical (unpaired) electrons. The molecule has 2 rings (SSSR count). The van der Waals surface area contributed by atoms with Crippen molar-refractivity contribution in [1.29, 1.82) is 0 Å². The average molecular weight is 247 g/mol. The maximum Gasteiger partial charge on any atom is 0.251 e. The Labute approximate surface area is 109 Å². The lowest BCUT2D eigenvalue weighted by molar-refractivity contribution is 0.0943. The van der Waals surface area contributed by atoms with Crippen molar-refractivity contribution in [2.75, 3.05) is 13.7 Å². The molecule has 3 heteroatoms. The van der Waals surface area contributed by atoms with Crippen LogP contribution < -0.4 is 10.1 Å². The second-order valence-corrected chi connectivity index (χ2v) is 4.95. The van der Waals surface area contributed by atoms with Crippen molar-refractivity contribution in [2.24, 2.45) is 5.92 Å². The fourth-order valence-electron chi connectivity index (χ4n) is 2.49. The summed E-state index contributed by atoms with van der Waals surface area (Å²) in [5.41, 5.74) is 0.671. The van der Waals surface area contributed by atoms with Crippen LogP contribution in [0.1, 0.15) is 42.5 Å². The fourth-order valence-corrected chi connectivity index (χ4v) is 2.49. The van der Waals surface area contributed by atoms with Crippen LogP contribution in [-0.2, 0) is 0 Å². The number of methoxy groups -OCH3 is 1. The lowest BCUT2D eigenvalue weighted by atomic mass is 9.89. The fraction of sp³-hybridized carbons (Fsp3) is 0.533. The summed E-state index contributed by atoms with van der Waals surface area (Å²) in [6.07, 6.45) is 6.45. The van der Waals surface area contributed by atoms with E-state index < -0.39 is 0 Å². The van der Waals surface area contributed by atoms with Gasteiger partial charge in [-0.2, -0.15) is 0 Å². The van der Waals surface area contributed by atoms with Gasteiger partial charge in [-0.25, -0.2) is 0 Å². The molecule has 0 saturated heterocycles. The van der Waals surface area contributed by atoms with Gasteiger partial charge in [-0.3, -0.25) is 4.79 Å². The quantitative estimate of drug-likeness (QED) is 0.888. The van der Waals surface area contributed by atoms with Gasteiger partial charge in [0, 0.05) is 12.1 Å². The first kappa shape index (κ1) is 12.9. The number of hydrogen-bond acceptors (Lipinski definition) is 2. The molecule has 1 fully saturated rings. The van der Waals surface area contributed by atoms with E-state index in [0.717, 1.165) is 12.3 Å². The number of carbonyl (C=O) groups excluding carboxylic acids is 1. The minimum atomic E-state index is -0.000488. The molecule has 1 aliphatic rings. The average Bonchev–Trinajstić information content (AvgIpc) is 2.46. The number of ether oxygens (including phenoxy) is 1. The van der Waals surface area contributed by atoms with Crippen LogP contribution in [0.3, 0.4) is 0 Å². The van der Waals surface area contributed by atoms with Crippen LogP contribution in [0.15, 0.2) is 24.3 Å². The van der Waals surface area contributed by atoms with Gasteiger partial charge in [0.05, 0.1) is 7.11 Å². The molecule has 0 bridgehead atoms. The summed E-state index contributed by atoms with van der Waals surface area (Å²) >= 11 is 0. The first-order valence-electron chi connectivity index (χ1n) is 6.72. The predicted octanol–water partition coefficient (Wildman–Crippen LogP) is 3.01. The number of benzene rings is 1. The Bertz CT molecular complexity index is 397. The second-order valence-electron chi connectivity index (χ2n) is 4.95. The van der Waals surface area contributed by atoms with E-state index in [4.69, 9.17) is 4.74 Å². The Hall–Kier alpha value is -1.51. The molecule has 3 nitrogen and oxygen atoms in total. The molecule has 1 saturated carbocycles. The monoisotopic (exact) mass is 247 g/mol. The van der Waals surface area contributed by atoms with Gasteiger partial charge in [-0.15, -0.1) is 0 Å². The van der Waals surface area contributed by atoms with E-state index in [1.165, 1.54) is 32.1 Å². The maximum absolute atomic E-state index is 12.0. The second kappa shape index (κ2) is 6.43. The summed E-state index contributed by atoms with van der Waals surface area (Å²) in [5.74, 6) is 1.38. The van der Waals surface area contributed by atoms with Gasteiger partial charge in [0.15, 0.2) is 0 Å². The molecule has 18 heavy (non-hydrogen) atoms. The molecule has 1 amide bonds. The molecule has 1 aromatic carbocycles. The Morgan fingerprint density at radius 2 is 2.11 bits per heavy atom. The van der Waals surface area contributed by atoms with Crippen molar-refractivity contribution in [3.05, 3.63) is 29.8 Å². The zero-order valence-corrected chi connectivity index (χ0v) is 10.9. The molecular formula is C15H21NO2. The summed E-state index contributed by atoms with van der Waals surface area (Å²) in [5, 5.41) is 3.03. The summed E-state index contributed by atoms with van der Waals surface area (Å²) in [7, 11) is 1.61. The molecule has 0 spiro atoms. The summed E-state index contributed by atoms with van der Waals surface area (Å²) in [6, 6.07) is 7.28. The zero-order valence-electron chi connectivity index (χ0n) is 10.9. The SMILES string of the molecule is COc1cccc(C(=O)NCC2CCCCC2)c1. The molecular weight excluding hydrogens is 226 g/mol. The van der Waals surface area contributed by atoms with Crippen LogP contribution in [0, 0.1) is 5.92 Å². The number of amides is 1. The zero-order chi connectivity index (χ0) is 12.8. The Balaban J connectivity index is 1.86. The summed E-state index contributed by atoms with van der Waals surface area (Å²) < 4.78 is 5.12. The van der Waals surface area contributed by atoms with Crippen molar-refractivity contribution >= 4 is 5.91 Å². The molecule has 1 N–H and O–H groups in total. The largest absolute Gasteiger partial charge is 0.497 e. The van der Waals surface area contributed by atoms with Gasteiger partial charge in [0.2, 0.25) is 0 Å². The van der Waals surface area contributed by atoms with Crippen LogP contribution in [0.4, 0.5) is 0 Å². The summed E-state index contributed by atoms with van der Waals surface area (Å²) in [6.45, 7) is 0.802. The van der Waals surface area contributed by atoms with Crippen LogP contribution in [0.2, 0.25) is 0 Å². The Kier molecular flexibility index (Phi) is 4.62. The van der Waals surface area contributed by atoms with Crippen molar-refractivity contribution in [3.8, 4) is 5.75 Å². The van der Waals surface area contributed by atoms with Crippen LogP contribution in [0.5, 0.6) is 5.75 Å². The van der Waals surface area contributed by atoms with E-state index in [1.54, 1.807) is 13.2 Å². The van der Waals surface area contributed by atoms with E-state index in [1.807, 2.05) is 18.2 Å². The molecule has 1 aliphatic carbocycles. The molecule has 0 atom stereocenters. The molecule has 1 aromatic rings. The highest BCUT2D eigenvalue weighted by atomic mass is 16.5. The first-order valence-corrected chi connectivity index (χ1v) is 6.72. The van der Waals surface area contributed by atoms with Gasteiger partial charge in [0.25, 0.3) is 5.91 Å². The molecule has 0 heterocycles. The van der Waals surface area contributed by atoms with Gasteiger partial charge in [0.1, 0.15) is 5.75 Å². The number of carbonyl (C=O) groups is 1. The van der Waals surface area contributed by atoms with Crippen molar-refractivity contribution in [2.45, 2.75) is 32.1 Å². The topological polar surface area (TPSA) is 38.3 Å².